The van der Waals surface area contributed by atoms with E-state index in [1.807, 2.05) is 0 Å². The van der Waals surface area contributed by atoms with Crippen LogP contribution >= 0.6 is 11.6 Å². The van der Waals surface area contributed by atoms with Gasteiger partial charge in [-0.15, -0.1) is 0 Å². The summed E-state index contributed by atoms with van der Waals surface area (Å²) in [5.41, 5.74) is 5.58. The van der Waals surface area contributed by atoms with E-state index in [2.05, 4.69) is 0 Å². The molecule has 20 heavy (non-hydrogen) atoms. The van der Waals surface area contributed by atoms with Crippen molar-refractivity contribution in [3.63, 3.8) is 0 Å². The van der Waals surface area contributed by atoms with E-state index in [9.17, 15) is 12.8 Å². The van der Waals surface area contributed by atoms with E-state index >= 15 is 0 Å². The van der Waals surface area contributed by atoms with Crippen LogP contribution in [0.1, 0.15) is 5.76 Å². The van der Waals surface area contributed by atoms with Gasteiger partial charge in [-0.3, -0.25) is 0 Å². The van der Waals surface area contributed by atoms with E-state index < -0.39 is 20.7 Å². The van der Waals surface area contributed by atoms with Crippen molar-refractivity contribution in [2.75, 3.05) is 12.8 Å². The molecule has 1 heterocycles. The molecule has 1 aromatic carbocycles. The van der Waals surface area contributed by atoms with Crippen molar-refractivity contribution in [1.29, 1.82) is 0 Å². The number of nitrogens with two attached hydrogens (primary N) is 1. The molecule has 0 radical (unpaired) electrons. The van der Waals surface area contributed by atoms with Crippen molar-refractivity contribution in [3.05, 3.63) is 47.1 Å². The van der Waals surface area contributed by atoms with E-state index in [1.54, 1.807) is 12.1 Å². The number of sulfonamides is 1. The highest BCUT2D eigenvalue weighted by Crippen LogP contribution is 2.28. The maximum Gasteiger partial charge on any atom is 0.246 e. The Morgan fingerprint density at radius 1 is 1.45 bits per heavy atom. The Morgan fingerprint density at radius 2 is 2.15 bits per heavy atom. The van der Waals surface area contributed by atoms with Gasteiger partial charge in [-0.1, -0.05) is 11.6 Å². The molecule has 1 aromatic heterocycles. The van der Waals surface area contributed by atoms with Gasteiger partial charge in [0.05, 0.1) is 17.8 Å². The number of anilines is 1. The molecule has 0 bridgehead atoms. The number of hydrogen-bond donors (Lipinski definition) is 1. The van der Waals surface area contributed by atoms with Gasteiger partial charge in [-0.05, 0) is 24.3 Å². The molecule has 0 atom stereocenters. The molecule has 0 aliphatic heterocycles. The smallest absolute Gasteiger partial charge is 0.246 e. The Hall–Kier alpha value is -1.57. The standard InChI is InChI=1S/C12H12ClFN2O3S/c1-16(7-9-3-2-4-19-9)20(17,18)11-6-8(15)5-10(13)12(11)14/h2-6H,7,15H2,1H3. The first-order valence-electron chi connectivity index (χ1n) is 5.55. The maximum absolute atomic E-state index is 13.9. The predicted molar refractivity (Wildman–Crippen MR) is 73.2 cm³/mol. The fourth-order valence-corrected chi connectivity index (χ4v) is 3.18. The number of nitrogens with zero attached hydrogens (tertiary/aromatic N) is 1. The van der Waals surface area contributed by atoms with Gasteiger partial charge in [0.1, 0.15) is 10.7 Å². The predicted octanol–water partition coefficient (Wildman–Crippen LogP) is 2.48. The molecule has 0 amide bonds. The third-order valence-corrected chi connectivity index (χ3v) is 4.74. The molecule has 0 fully saturated rings. The molecular formula is C12H12ClFN2O3S. The summed E-state index contributed by atoms with van der Waals surface area (Å²) in [6.07, 6.45) is 1.42. The van der Waals surface area contributed by atoms with Gasteiger partial charge in [0, 0.05) is 12.7 Å². The molecule has 0 unspecified atom stereocenters. The molecule has 0 saturated heterocycles. The second-order valence-electron chi connectivity index (χ2n) is 4.16. The number of rotatable bonds is 4. The third-order valence-electron chi connectivity index (χ3n) is 2.66. The Balaban J connectivity index is 2.40. The largest absolute Gasteiger partial charge is 0.468 e. The van der Waals surface area contributed by atoms with Crippen LogP contribution in [0.15, 0.2) is 39.8 Å². The monoisotopic (exact) mass is 318 g/mol. The van der Waals surface area contributed by atoms with Crippen LogP contribution in [-0.4, -0.2) is 19.8 Å². The van der Waals surface area contributed by atoms with E-state index in [-0.39, 0.29) is 17.3 Å². The SMILES string of the molecule is CN(Cc1ccco1)S(=O)(=O)c1cc(N)cc(Cl)c1F. The summed E-state index contributed by atoms with van der Waals surface area (Å²) < 4.78 is 44.5. The minimum absolute atomic E-state index is 0.0266. The molecule has 0 aliphatic carbocycles. The zero-order chi connectivity index (χ0) is 14.9. The van der Waals surface area contributed by atoms with Gasteiger partial charge in [0.25, 0.3) is 0 Å². The van der Waals surface area contributed by atoms with Crippen LogP contribution in [0.25, 0.3) is 0 Å². The van der Waals surface area contributed by atoms with Gasteiger partial charge in [-0.2, -0.15) is 4.31 Å². The second kappa shape index (κ2) is 5.43. The van der Waals surface area contributed by atoms with Gasteiger partial charge < -0.3 is 10.2 Å². The Labute approximate surface area is 120 Å². The quantitative estimate of drug-likeness (QED) is 0.879. The molecule has 2 rings (SSSR count). The van der Waals surface area contributed by atoms with E-state index in [0.717, 1.165) is 16.4 Å². The number of benzene rings is 1. The van der Waals surface area contributed by atoms with Gasteiger partial charge in [-0.25, -0.2) is 12.8 Å². The fraction of sp³-hybridized carbons (Fsp3) is 0.167. The first kappa shape index (κ1) is 14.8. The van der Waals surface area contributed by atoms with E-state index in [1.165, 1.54) is 13.3 Å². The molecule has 108 valence electrons. The lowest BCUT2D eigenvalue weighted by Gasteiger charge is -2.17. The van der Waals surface area contributed by atoms with Crippen LogP contribution in [0.2, 0.25) is 5.02 Å². The zero-order valence-electron chi connectivity index (χ0n) is 10.5. The fourth-order valence-electron chi connectivity index (χ4n) is 1.65. The van der Waals surface area contributed by atoms with Crippen LogP contribution in [0, 0.1) is 5.82 Å². The van der Waals surface area contributed by atoms with Crippen molar-refractivity contribution in [2.24, 2.45) is 0 Å². The molecule has 5 nitrogen and oxygen atoms in total. The summed E-state index contributed by atoms with van der Waals surface area (Å²) >= 11 is 5.62. The Kier molecular flexibility index (Phi) is 4.03. The first-order chi connectivity index (χ1) is 9.32. The second-order valence-corrected chi connectivity index (χ2v) is 6.58. The highest BCUT2D eigenvalue weighted by Gasteiger charge is 2.27. The molecule has 0 spiro atoms. The molecule has 8 heteroatoms. The lowest BCUT2D eigenvalue weighted by Crippen LogP contribution is -2.27. The lowest BCUT2D eigenvalue weighted by molar-refractivity contribution is 0.404. The lowest BCUT2D eigenvalue weighted by atomic mass is 10.3. The summed E-state index contributed by atoms with van der Waals surface area (Å²) in [6.45, 7) is -0.0266. The van der Waals surface area contributed by atoms with Crippen LogP contribution in [0.5, 0.6) is 0 Å². The molecule has 0 aliphatic rings. The summed E-state index contributed by atoms with van der Waals surface area (Å²) in [5.74, 6) is -0.585. The third kappa shape index (κ3) is 2.79. The number of furan rings is 1. The Bertz CT molecular complexity index is 717. The van der Waals surface area contributed by atoms with Crippen molar-refractivity contribution in [3.8, 4) is 0 Å². The normalized spacial score (nSPS) is 12.0. The first-order valence-corrected chi connectivity index (χ1v) is 7.37. The van der Waals surface area contributed by atoms with E-state index in [4.69, 9.17) is 21.8 Å². The summed E-state index contributed by atoms with van der Waals surface area (Å²) in [7, 11) is -2.74. The summed E-state index contributed by atoms with van der Waals surface area (Å²) in [5, 5.41) is -0.338. The maximum atomic E-state index is 13.9. The summed E-state index contributed by atoms with van der Waals surface area (Å²) in [6, 6.07) is 5.44. The minimum Gasteiger partial charge on any atom is -0.468 e. The van der Waals surface area contributed by atoms with Crippen LogP contribution < -0.4 is 5.73 Å². The van der Waals surface area contributed by atoms with Crippen molar-refractivity contribution in [1.82, 2.24) is 4.31 Å². The topological polar surface area (TPSA) is 76.5 Å². The van der Waals surface area contributed by atoms with Crippen LogP contribution in [0.3, 0.4) is 0 Å². The highest BCUT2D eigenvalue weighted by atomic mass is 35.5. The van der Waals surface area contributed by atoms with Crippen molar-refractivity contribution in [2.45, 2.75) is 11.4 Å². The highest BCUT2D eigenvalue weighted by molar-refractivity contribution is 7.89. The van der Waals surface area contributed by atoms with Gasteiger partial charge in [0.2, 0.25) is 10.0 Å². The number of nitrogen functional groups attached to an aromatic ring is 1. The molecule has 0 saturated carbocycles. The number of hydrogen-bond acceptors (Lipinski definition) is 4. The molecule has 2 N–H and O–H groups in total. The molecule has 2 aromatic rings. The minimum atomic E-state index is -4.06. The average molecular weight is 319 g/mol. The van der Waals surface area contributed by atoms with Crippen LogP contribution in [-0.2, 0) is 16.6 Å². The van der Waals surface area contributed by atoms with Crippen molar-refractivity contribution < 1.29 is 17.2 Å². The van der Waals surface area contributed by atoms with Crippen LogP contribution in [0.4, 0.5) is 10.1 Å². The average Bonchev–Trinajstić information content (AvgIpc) is 2.86. The van der Waals surface area contributed by atoms with Crippen molar-refractivity contribution >= 4 is 27.3 Å². The Morgan fingerprint density at radius 3 is 2.75 bits per heavy atom. The number of halogens is 2. The molecular weight excluding hydrogens is 307 g/mol. The summed E-state index contributed by atoms with van der Waals surface area (Å²) in [4.78, 5) is -0.559. The van der Waals surface area contributed by atoms with E-state index in [0.29, 0.717) is 5.76 Å². The van der Waals surface area contributed by atoms with Gasteiger partial charge >= 0.3 is 0 Å². The zero-order valence-corrected chi connectivity index (χ0v) is 12.1. The van der Waals surface area contributed by atoms with Gasteiger partial charge in [0.15, 0.2) is 5.82 Å².